The highest BCUT2D eigenvalue weighted by Crippen LogP contribution is 2.38. The van der Waals surface area contributed by atoms with Crippen molar-refractivity contribution in [2.45, 2.75) is 25.7 Å². The van der Waals surface area contributed by atoms with E-state index >= 15 is 0 Å². The average molecular weight is 388 g/mol. The van der Waals surface area contributed by atoms with Gasteiger partial charge >= 0.3 is 0 Å². The fraction of sp³-hybridized carbons (Fsp3) is 0.217. The molecule has 2 heterocycles. The van der Waals surface area contributed by atoms with Crippen LogP contribution >= 0.6 is 11.3 Å². The summed E-state index contributed by atoms with van der Waals surface area (Å²) in [5.74, 6) is 1.67. The molecule has 0 spiro atoms. The van der Waals surface area contributed by atoms with Crippen molar-refractivity contribution in [2.75, 3.05) is 12.4 Å². The normalized spacial score (nSPS) is 13.3. The third-order valence-electron chi connectivity index (χ3n) is 5.38. The first-order chi connectivity index (χ1) is 13.8. The van der Waals surface area contributed by atoms with Crippen LogP contribution in [0.1, 0.15) is 24.0 Å². The largest absolute Gasteiger partial charge is 0.497 e. The van der Waals surface area contributed by atoms with Gasteiger partial charge in [-0.1, -0.05) is 18.2 Å². The highest BCUT2D eigenvalue weighted by Gasteiger charge is 2.16. The minimum Gasteiger partial charge on any atom is -0.497 e. The number of nitrogens with zero attached hydrogens (tertiary/aromatic N) is 2. The molecule has 4 aromatic rings. The molecule has 0 atom stereocenters. The zero-order valence-corrected chi connectivity index (χ0v) is 16.6. The molecule has 0 fully saturated rings. The molecule has 4 nitrogen and oxygen atoms in total. The third-order valence-corrected chi connectivity index (χ3v) is 6.27. The van der Waals surface area contributed by atoms with Crippen LogP contribution in [0.4, 0.5) is 11.5 Å². The number of methoxy groups -OCH3 is 1. The quantitative estimate of drug-likeness (QED) is 0.467. The molecule has 28 heavy (non-hydrogen) atoms. The molecule has 5 heteroatoms. The van der Waals surface area contributed by atoms with Gasteiger partial charge in [0.15, 0.2) is 0 Å². The minimum absolute atomic E-state index is 0.837. The summed E-state index contributed by atoms with van der Waals surface area (Å²) in [6, 6.07) is 14.8. The van der Waals surface area contributed by atoms with Crippen LogP contribution in [0.2, 0.25) is 0 Å². The predicted molar refractivity (Wildman–Crippen MR) is 116 cm³/mol. The fourth-order valence-electron chi connectivity index (χ4n) is 3.89. The van der Waals surface area contributed by atoms with Gasteiger partial charge in [-0.05, 0) is 66.6 Å². The summed E-state index contributed by atoms with van der Waals surface area (Å²) < 4.78 is 5.25. The lowest BCUT2D eigenvalue weighted by atomic mass is 9.89. The van der Waals surface area contributed by atoms with E-state index in [1.165, 1.54) is 47.9 Å². The van der Waals surface area contributed by atoms with Crippen LogP contribution in [0, 0.1) is 0 Å². The molecule has 2 aromatic carbocycles. The molecule has 140 valence electrons. The molecule has 1 aliphatic rings. The number of ether oxygens (including phenoxy) is 1. The van der Waals surface area contributed by atoms with Crippen molar-refractivity contribution in [3.8, 4) is 16.9 Å². The SMILES string of the molecule is COc1ccc(Nc2ncnc3scc(-c4ccc5c(c4)CCCC5)c23)cc1. The Balaban J connectivity index is 1.57. The number of nitrogens with one attached hydrogen (secondary N) is 1. The lowest BCUT2D eigenvalue weighted by Crippen LogP contribution is -2.02. The number of hydrogen-bond donors (Lipinski definition) is 1. The molecule has 5 rings (SSSR count). The van der Waals surface area contributed by atoms with Gasteiger partial charge in [0.05, 0.1) is 12.5 Å². The Bertz CT molecular complexity index is 1130. The van der Waals surface area contributed by atoms with E-state index in [1.807, 2.05) is 24.3 Å². The maximum absolute atomic E-state index is 5.25. The summed E-state index contributed by atoms with van der Waals surface area (Å²) in [6.45, 7) is 0. The Hall–Kier alpha value is -2.92. The molecule has 0 amide bonds. The van der Waals surface area contributed by atoms with E-state index in [2.05, 4.69) is 38.9 Å². The lowest BCUT2D eigenvalue weighted by Gasteiger charge is -2.16. The minimum atomic E-state index is 0.837. The van der Waals surface area contributed by atoms with E-state index in [9.17, 15) is 0 Å². The van der Waals surface area contributed by atoms with E-state index in [-0.39, 0.29) is 0 Å². The molecule has 0 bridgehead atoms. The van der Waals surface area contributed by atoms with Crippen molar-refractivity contribution in [1.29, 1.82) is 0 Å². The summed E-state index contributed by atoms with van der Waals surface area (Å²) in [4.78, 5) is 10.0. The van der Waals surface area contributed by atoms with Crippen molar-refractivity contribution in [3.05, 3.63) is 65.3 Å². The molecule has 0 saturated heterocycles. The topological polar surface area (TPSA) is 47.0 Å². The van der Waals surface area contributed by atoms with E-state index in [1.54, 1.807) is 24.8 Å². The highest BCUT2D eigenvalue weighted by molar-refractivity contribution is 7.17. The summed E-state index contributed by atoms with van der Waals surface area (Å²) in [5, 5.41) is 6.74. The van der Waals surface area contributed by atoms with Crippen LogP contribution in [0.3, 0.4) is 0 Å². The van der Waals surface area contributed by atoms with Gasteiger partial charge in [0.1, 0.15) is 22.7 Å². The number of benzene rings is 2. The van der Waals surface area contributed by atoms with Crippen LogP contribution in [-0.4, -0.2) is 17.1 Å². The molecule has 2 aromatic heterocycles. The van der Waals surface area contributed by atoms with E-state index in [0.29, 0.717) is 0 Å². The first-order valence-electron chi connectivity index (χ1n) is 9.57. The number of aryl methyl sites for hydroxylation is 2. The second kappa shape index (κ2) is 7.24. The Labute approximate surface area is 168 Å². The number of rotatable bonds is 4. The van der Waals surface area contributed by atoms with Gasteiger partial charge in [-0.15, -0.1) is 11.3 Å². The van der Waals surface area contributed by atoms with Gasteiger partial charge in [-0.3, -0.25) is 0 Å². The van der Waals surface area contributed by atoms with Crippen molar-refractivity contribution in [2.24, 2.45) is 0 Å². The molecule has 1 N–H and O–H groups in total. The first-order valence-corrected chi connectivity index (χ1v) is 10.5. The van der Waals surface area contributed by atoms with E-state index < -0.39 is 0 Å². The number of anilines is 2. The summed E-state index contributed by atoms with van der Waals surface area (Å²) >= 11 is 1.67. The van der Waals surface area contributed by atoms with E-state index in [4.69, 9.17) is 4.74 Å². The van der Waals surface area contributed by atoms with Crippen LogP contribution in [0.15, 0.2) is 54.2 Å². The summed E-state index contributed by atoms with van der Waals surface area (Å²) in [6.07, 6.45) is 6.60. The van der Waals surface area contributed by atoms with Gasteiger partial charge in [0.2, 0.25) is 0 Å². The van der Waals surface area contributed by atoms with Crippen LogP contribution < -0.4 is 10.1 Å². The number of hydrogen-bond acceptors (Lipinski definition) is 5. The van der Waals surface area contributed by atoms with Gasteiger partial charge in [-0.2, -0.15) is 0 Å². The third kappa shape index (κ3) is 3.12. The van der Waals surface area contributed by atoms with Gasteiger partial charge in [-0.25, -0.2) is 9.97 Å². The van der Waals surface area contributed by atoms with Crippen LogP contribution in [-0.2, 0) is 12.8 Å². The maximum Gasteiger partial charge on any atom is 0.143 e. The number of thiophene rings is 1. The van der Waals surface area contributed by atoms with Gasteiger partial charge in [0, 0.05) is 16.6 Å². The van der Waals surface area contributed by atoms with Crippen molar-refractivity contribution >= 4 is 33.1 Å². The predicted octanol–water partition coefficient (Wildman–Crippen LogP) is 5.99. The Kier molecular flexibility index (Phi) is 4.45. The molecular weight excluding hydrogens is 366 g/mol. The van der Waals surface area contributed by atoms with Crippen molar-refractivity contribution in [1.82, 2.24) is 9.97 Å². The first kappa shape index (κ1) is 17.2. The monoisotopic (exact) mass is 387 g/mol. The van der Waals surface area contributed by atoms with Crippen LogP contribution in [0.5, 0.6) is 5.75 Å². The lowest BCUT2D eigenvalue weighted by molar-refractivity contribution is 0.415. The standard InChI is InChI=1S/C23H21N3OS/c1-27-19-10-8-18(9-11-19)26-22-21-20(13-28-23(21)25-14-24-22)17-7-6-15-4-2-3-5-16(15)12-17/h6-14H,2-5H2,1H3,(H,24,25,26). The Morgan fingerprint density at radius 2 is 1.79 bits per heavy atom. The Morgan fingerprint density at radius 1 is 0.964 bits per heavy atom. The Morgan fingerprint density at radius 3 is 2.61 bits per heavy atom. The zero-order valence-electron chi connectivity index (χ0n) is 15.7. The maximum atomic E-state index is 5.25. The number of aromatic nitrogens is 2. The second-order valence-corrected chi connectivity index (χ2v) is 7.95. The fourth-order valence-corrected chi connectivity index (χ4v) is 4.81. The van der Waals surface area contributed by atoms with Crippen molar-refractivity contribution < 1.29 is 4.74 Å². The van der Waals surface area contributed by atoms with Crippen molar-refractivity contribution in [3.63, 3.8) is 0 Å². The average Bonchev–Trinajstić information content (AvgIpc) is 3.19. The summed E-state index contributed by atoms with van der Waals surface area (Å²) in [7, 11) is 1.67. The highest BCUT2D eigenvalue weighted by atomic mass is 32.1. The van der Waals surface area contributed by atoms with E-state index in [0.717, 1.165) is 27.5 Å². The molecular formula is C23H21N3OS. The molecule has 0 aliphatic heterocycles. The number of fused-ring (bicyclic) bond motifs is 2. The summed E-state index contributed by atoms with van der Waals surface area (Å²) in [5.41, 5.74) is 6.42. The zero-order chi connectivity index (χ0) is 18.9. The second-order valence-electron chi connectivity index (χ2n) is 7.10. The van der Waals surface area contributed by atoms with Crippen LogP contribution in [0.25, 0.3) is 21.3 Å². The van der Waals surface area contributed by atoms with Gasteiger partial charge in [0.25, 0.3) is 0 Å². The smallest absolute Gasteiger partial charge is 0.143 e. The molecule has 0 saturated carbocycles. The molecule has 1 aliphatic carbocycles. The molecule has 0 unspecified atom stereocenters. The van der Waals surface area contributed by atoms with Gasteiger partial charge < -0.3 is 10.1 Å². The molecule has 0 radical (unpaired) electrons.